The molecule has 134 valence electrons. The van der Waals surface area contributed by atoms with E-state index < -0.39 is 0 Å². The van der Waals surface area contributed by atoms with Crippen molar-refractivity contribution in [2.24, 2.45) is 0 Å². The molecule has 0 spiro atoms. The molecule has 1 aromatic carbocycles. The van der Waals surface area contributed by atoms with E-state index in [4.69, 9.17) is 0 Å². The van der Waals surface area contributed by atoms with Gasteiger partial charge in [0, 0.05) is 30.5 Å². The maximum atomic E-state index is 12.2. The van der Waals surface area contributed by atoms with Gasteiger partial charge in [0.2, 0.25) is 5.95 Å². The van der Waals surface area contributed by atoms with Crippen LogP contribution in [0.3, 0.4) is 0 Å². The summed E-state index contributed by atoms with van der Waals surface area (Å²) in [4.78, 5) is 22.8. The highest BCUT2D eigenvalue weighted by atomic mass is 16.2. The fourth-order valence-corrected chi connectivity index (χ4v) is 2.21. The molecule has 2 amide bonds. The molecule has 0 aliphatic rings. The second-order valence-corrected chi connectivity index (χ2v) is 6.33. The maximum Gasteiger partial charge on any atom is 0.326 e. The molecule has 0 atom stereocenters. The minimum atomic E-state index is -0.368. The molecule has 7 heteroatoms. The monoisotopic (exact) mass is 342 g/mol. The van der Waals surface area contributed by atoms with E-state index in [2.05, 4.69) is 30.8 Å². The Morgan fingerprint density at radius 2 is 1.80 bits per heavy atom. The minimum Gasteiger partial charge on any atom is -0.369 e. The van der Waals surface area contributed by atoms with Crippen LogP contribution in [0.4, 0.5) is 22.2 Å². The van der Waals surface area contributed by atoms with Crippen LogP contribution in [0.1, 0.15) is 16.8 Å². The van der Waals surface area contributed by atoms with E-state index in [1.54, 1.807) is 0 Å². The topological polar surface area (TPSA) is 82.2 Å². The predicted molar refractivity (Wildman–Crippen MR) is 102 cm³/mol. The van der Waals surface area contributed by atoms with Gasteiger partial charge in [-0.1, -0.05) is 6.07 Å². The van der Waals surface area contributed by atoms with Gasteiger partial charge < -0.3 is 15.5 Å². The summed E-state index contributed by atoms with van der Waals surface area (Å²) < 4.78 is 0. The number of hydrogen-bond acceptors (Lipinski definition) is 5. The first-order valence-electron chi connectivity index (χ1n) is 8.23. The zero-order valence-corrected chi connectivity index (χ0v) is 15.5. The number of amides is 2. The molecule has 2 aromatic rings. The second kappa shape index (κ2) is 8.43. The van der Waals surface area contributed by atoms with Crippen LogP contribution in [-0.2, 0) is 0 Å². The zero-order chi connectivity index (χ0) is 18.4. The molecule has 1 heterocycles. The third-order valence-electron chi connectivity index (χ3n) is 3.71. The largest absolute Gasteiger partial charge is 0.369 e. The first-order chi connectivity index (χ1) is 11.8. The normalized spacial score (nSPS) is 10.6. The number of carbonyl (C=O) groups is 1. The zero-order valence-electron chi connectivity index (χ0n) is 15.5. The summed E-state index contributed by atoms with van der Waals surface area (Å²) in [7, 11) is 4.02. The van der Waals surface area contributed by atoms with E-state index in [0.717, 1.165) is 30.0 Å². The Balaban J connectivity index is 1.99. The number of benzene rings is 1. The third kappa shape index (κ3) is 6.04. The number of nitrogens with zero attached hydrogens (tertiary/aromatic N) is 3. The van der Waals surface area contributed by atoms with Crippen molar-refractivity contribution in [1.82, 2.24) is 14.9 Å². The molecule has 0 bridgehead atoms. The van der Waals surface area contributed by atoms with Crippen molar-refractivity contribution < 1.29 is 4.79 Å². The summed E-state index contributed by atoms with van der Waals surface area (Å²) in [5, 5.41) is 8.71. The molecule has 25 heavy (non-hydrogen) atoms. The molecule has 3 N–H and O–H groups in total. The maximum absolute atomic E-state index is 12.2. The summed E-state index contributed by atoms with van der Waals surface area (Å²) in [5.41, 5.74) is 3.82. The lowest BCUT2D eigenvalue weighted by molar-refractivity contribution is 0.262. The molecular weight excluding hydrogens is 316 g/mol. The van der Waals surface area contributed by atoms with Crippen LogP contribution in [-0.4, -0.2) is 48.1 Å². The summed E-state index contributed by atoms with van der Waals surface area (Å²) >= 11 is 0. The SMILES string of the molecule is Cc1cc(NCCN(C)C)nc(NC(=O)Nc2ccc(C)c(C)c2)n1. The highest BCUT2D eigenvalue weighted by molar-refractivity contribution is 5.98. The standard InChI is InChI=1S/C18H26N6O/c1-12-6-7-15(10-13(12)2)21-18(25)23-17-20-14(3)11-16(22-17)19-8-9-24(4)5/h6-7,10-11H,8-9H2,1-5H3,(H3,19,20,21,22,23,25). The summed E-state index contributed by atoms with van der Waals surface area (Å²) in [6.45, 7) is 7.56. The Bertz CT molecular complexity index is 744. The number of rotatable bonds is 6. The first kappa shape index (κ1) is 18.7. The average molecular weight is 342 g/mol. The lowest BCUT2D eigenvalue weighted by Crippen LogP contribution is -2.23. The lowest BCUT2D eigenvalue weighted by Gasteiger charge is -2.12. The van der Waals surface area contributed by atoms with Gasteiger partial charge in [-0.3, -0.25) is 5.32 Å². The Labute approximate surface area is 148 Å². The van der Waals surface area contributed by atoms with E-state index in [1.807, 2.05) is 59.1 Å². The first-order valence-corrected chi connectivity index (χ1v) is 8.23. The van der Waals surface area contributed by atoms with Crippen LogP contribution in [0.25, 0.3) is 0 Å². The molecule has 0 fully saturated rings. The van der Waals surface area contributed by atoms with Crippen molar-refractivity contribution >= 4 is 23.5 Å². The molecule has 0 unspecified atom stereocenters. The molecule has 0 aliphatic carbocycles. The summed E-state index contributed by atoms with van der Waals surface area (Å²) in [6, 6.07) is 7.25. The van der Waals surface area contributed by atoms with Crippen molar-refractivity contribution in [2.45, 2.75) is 20.8 Å². The Kier molecular flexibility index (Phi) is 6.30. The quantitative estimate of drug-likeness (QED) is 0.752. The van der Waals surface area contributed by atoms with Gasteiger partial charge in [0.05, 0.1) is 0 Å². The number of likely N-dealkylation sites (N-methyl/N-ethyl adjacent to an activating group) is 1. The minimum absolute atomic E-state index is 0.272. The number of aromatic nitrogens is 2. The highest BCUT2D eigenvalue weighted by Gasteiger charge is 2.08. The van der Waals surface area contributed by atoms with E-state index in [9.17, 15) is 4.79 Å². The average Bonchev–Trinajstić information content (AvgIpc) is 2.50. The van der Waals surface area contributed by atoms with Gasteiger partial charge >= 0.3 is 6.03 Å². The van der Waals surface area contributed by atoms with Crippen LogP contribution in [0.2, 0.25) is 0 Å². The van der Waals surface area contributed by atoms with Crippen LogP contribution >= 0.6 is 0 Å². The van der Waals surface area contributed by atoms with Gasteiger partial charge in [-0.15, -0.1) is 0 Å². The van der Waals surface area contributed by atoms with Gasteiger partial charge in [-0.2, -0.15) is 4.98 Å². The fourth-order valence-electron chi connectivity index (χ4n) is 2.21. The van der Waals surface area contributed by atoms with Gasteiger partial charge in [0.1, 0.15) is 5.82 Å². The Morgan fingerprint density at radius 3 is 2.48 bits per heavy atom. The summed E-state index contributed by atoms with van der Waals surface area (Å²) in [6.07, 6.45) is 0. The van der Waals surface area contributed by atoms with Gasteiger partial charge in [-0.25, -0.2) is 9.78 Å². The highest BCUT2D eigenvalue weighted by Crippen LogP contribution is 2.15. The van der Waals surface area contributed by atoms with Gasteiger partial charge in [0.15, 0.2) is 0 Å². The number of urea groups is 1. The molecule has 0 saturated heterocycles. The molecule has 0 saturated carbocycles. The van der Waals surface area contributed by atoms with Crippen LogP contribution in [0.5, 0.6) is 0 Å². The van der Waals surface area contributed by atoms with Crippen molar-refractivity contribution in [3.63, 3.8) is 0 Å². The Hall–Kier alpha value is -2.67. The summed E-state index contributed by atoms with van der Waals surface area (Å²) in [5.74, 6) is 0.963. The molecule has 7 nitrogen and oxygen atoms in total. The van der Waals surface area contributed by atoms with Gasteiger partial charge in [-0.05, 0) is 58.1 Å². The molecule has 1 aromatic heterocycles. The molecular formula is C18H26N6O. The van der Waals surface area contributed by atoms with Crippen LogP contribution in [0, 0.1) is 20.8 Å². The number of anilines is 3. The second-order valence-electron chi connectivity index (χ2n) is 6.33. The van der Waals surface area contributed by atoms with Crippen LogP contribution in [0.15, 0.2) is 24.3 Å². The van der Waals surface area contributed by atoms with E-state index in [-0.39, 0.29) is 12.0 Å². The van der Waals surface area contributed by atoms with Crippen molar-refractivity contribution in [1.29, 1.82) is 0 Å². The fraction of sp³-hybridized carbons (Fsp3) is 0.389. The van der Waals surface area contributed by atoms with E-state index in [1.165, 1.54) is 5.56 Å². The van der Waals surface area contributed by atoms with E-state index >= 15 is 0 Å². The number of carbonyl (C=O) groups excluding carboxylic acids is 1. The van der Waals surface area contributed by atoms with Crippen molar-refractivity contribution in [3.05, 3.63) is 41.1 Å². The molecule has 0 aliphatic heterocycles. The third-order valence-corrected chi connectivity index (χ3v) is 3.71. The lowest BCUT2D eigenvalue weighted by atomic mass is 10.1. The van der Waals surface area contributed by atoms with E-state index in [0.29, 0.717) is 5.82 Å². The van der Waals surface area contributed by atoms with Crippen LogP contribution < -0.4 is 16.0 Å². The smallest absolute Gasteiger partial charge is 0.326 e. The molecule has 2 rings (SSSR count). The number of nitrogens with one attached hydrogen (secondary N) is 3. The Morgan fingerprint density at radius 1 is 1.04 bits per heavy atom. The van der Waals surface area contributed by atoms with Gasteiger partial charge in [0.25, 0.3) is 0 Å². The van der Waals surface area contributed by atoms with Crippen molar-refractivity contribution in [3.8, 4) is 0 Å². The predicted octanol–water partition coefficient (Wildman–Crippen LogP) is 3.02. The number of hydrogen-bond donors (Lipinski definition) is 3. The number of aryl methyl sites for hydroxylation is 3. The molecule has 0 radical (unpaired) electrons. The van der Waals surface area contributed by atoms with Crippen molar-refractivity contribution in [2.75, 3.05) is 43.1 Å².